The van der Waals surface area contributed by atoms with Gasteiger partial charge in [0.15, 0.2) is 0 Å². The fraction of sp³-hybridized carbons (Fsp3) is 0.647. The van der Waals surface area contributed by atoms with Crippen LogP contribution in [0.5, 0.6) is 5.75 Å². The third-order valence-electron chi connectivity index (χ3n) is 4.76. The van der Waals surface area contributed by atoms with E-state index < -0.39 is 0 Å². The first-order valence-electron chi connectivity index (χ1n) is 7.72. The molecule has 1 N–H and O–H groups in total. The zero-order chi connectivity index (χ0) is 13.7. The van der Waals surface area contributed by atoms with E-state index in [2.05, 4.69) is 38.2 Å². The molecule has 1 aliphatic rings. The van der Waals surface area contributed by atoms with Gasteiger partial charge in [0.25, 0.3) is 0 Å². The molecule has 2 atom stereocenters. The zero-order valence-corrected chi connectivity index (χ0v) is 12.5. The minimum absolute atomic E-state index is 0.311. The molecule has 1 fully saturated rings. The number of nitrogens with one attached hydrogen (secondary N) is 1. The van der Waals surface area contributed by atoms with Crippen LogP contribution in [0.15, 0.2) is 30.3 Å². The molecule has 2 nitrogen and oxygen atoms in total. The van der Waals surface area contributed by atoms with Crippen molar-refractivity contribution in [3.63, 3.8) is 0 Å². The lowest BCUT2D eigenvalue weighted by atomic mass is 9.58. The average molecular weight is 261 g/mol. The first-order valence-corrected chi connectivity index (χ1v) is 7.72. The Kier molecular flexibility index (Phi) is 4.87. The van der Waals surface area contributed by atoms with Crippen LogP contribution in [0.3, 0.4) is 0 Å². The number of hydrogen-bond donors (Lipinski definition) is 1. The molecule has 0 radical (unpaired) electrons. The summed E-state index contributed by atoms with van der Waals surface area (Å²) in [7, 11) is 0. The Bertz CT molecular complexity index is 372. The van der Waals surface area contributed by atoms with Gasteiger partial charge < -0.3 is 10.1 Å². The summed E-state index contributed by atoms with van der Waals surface area (Å²) in [6, 6.07) is 10.9. The molecule has 1 saturated carbocycles. The fourth-order valence-electron chi connectivity index (χ4n) is 3.38. The summed E-state index contributed by atoms with van der Waals surface area (Å²) >= 11 is 0. The van der Waals surface area contributed by atoms with Gasteiger partial charge in [-0.05, 0) is 37.9 Å². The minimum atomic E-state index is 0.311. The first kappa shape index (κ1) is 14.4. The molecule has 2 unspecified atom stereocenters. The molecule has 0 heterocycles. The second-order valence-electron chi connectivity index (χ2n) is 5.60. The van der Waals surface area contributed by atoms with Gasteiger partial charge in [0.2, 0.25) is 0 Å². The van der Waals surface area contributed by atoms with E-state index in [0.717, 1.165) is 18.7 Å². The highest BCUT2D eigenvalue weighted by Crippen LogP contribution is 2.48. The molecule has 0 saturated heterocycles. The highest BCUT2D eigenvalue weighted by Gasteiger charge is 2.53. The normalized spacial score (nSPS) is 24.8. The number of hydrogen-bond acceptors (Lipinski definition) is 2. The van der Waals surface area contributed by atoms with Crippen LogP contribution in [0.2, 0.25) is 0 Å². The van der Waals surface area contributed by atoms with Crippen LogP contribution < -0.4 is 10.1 Å². The molecule has 1 aliphatic carbocycles. The Hall–Kier alpha value is -1.02. The predicted octanol–water partition coefficient (Wildman–Crippen LogP) is 4.01. The van der Waals surface area contributed by atoms with Gasteiger partial charge in [-0.25, -0.2) is 0 Å². The van der Waals surface area contributed by atoms with Crippen LogP contribution in [0.4, 0.5) is 0 Å². The van der Waals surface area contributed by atoms with Crippen molar-refractivity contribution >= 4 is 0 Å². The molecular formula is C17H27NO. The smallest absolute Gasteiger partial charge is 0.119 e. The van der Waals surface area contributed by atoms with Crippen molar-refractivity contribution < 1.29 is 4.74 Å². The van der Waals surface area contributed by atoms with E-state index in [-0.39, 0.29) is 0 Å². The maximum atomic E-state index is 6.22. The Balaban J connectivity index is 2.02. The number of ether oxygens (including phenoxy) is 1. The number of rotatable bonds is 7. The SMILES string of the molecule is CCCNC1CC(Oc2ccccc2)C1(CC)CC. The summed E-state index contributed by atoms with van der Waals surface area (Å²) in [6.45, 7) is 7.93. The van der Waals surface area contributed by atoms with Gasteiger partial charge in [-0.1, -0.05) is 39.0 Å². The summed E-state index contributed by atoms with van der Waals surface area (Å²) in [5.74, 6) is 1.01. The van der Waals surface area contributed by atoms with E-state index in [4.69, 9.17) is 4.74 Å². The Labute approximate surface area is 117 Å². The van der Waals surface area contributed by atoms with Crippen LogP contribution in [0, 0.1) is 5.41 Å². The lowest BCUT2D eigenvalue weighted by Crippen LogP contribution is -2.64. The lowest BCUT2D eigenvalue weighted by molar-refractivity contribution is -0.0858. The van der Waals surface area contributed by atoms with E-state index in [1.165, 1.54) is 19.3 Å². The van der Waals surface area contributed by atoms with Gasteiger partial charge in [0.05, 0.1) is 0 Å². The second kappa shape index (κ2) is 6.42. The largest absolute Gasteiger partial charge is 0.490 e. The van der Waals surface area contributed by atoms with Crippen LogP contribution >= 0.6 is 0 Å². The highest BCUT2D eigenvalue weighted by molar-refractivity contribution is 5.23. The van der Waals surface area contributed by atoms with Crippen molar-refractivity contribution in [1.82, 2.24) is 5.32 Å². The van der Waals surface area contributed by atoms with Gasteiger partial charge in [0, 0.05) is 17.9 Å². The second-order valence-corrected chi connectivity index (χ2v) is 5.60. The molecule has 0 spiro atoms. The molecule has 1 aromatic rings. The maximum Gasteiger partial charge on any atom is 0.119 e. The molecule has 19 heavy (non-hydrogen) atoms. The molecule has 2 heteroatoms. The van der Waals surface area contributed by atoms with Crippen molar-refractivity contribution in [3.05, 3.63) is 30.3 Å². The fourth-order valence-corrected chi connectivity index (χ4v) is 3.38. The standard InChI is InChI=1S/C17H27NO/c1-4-12-18-15-13-16(17(15,5-2)6-3)19-14-10-8-7-9-11-14/h7-11,15-16,18H,4-6,12-13H2,1-3H3. The van der Waals surface area contributed by atoms with Crippen LogP contribution in [-0.2, 0) is 0 Å². The van der Waals surface area contributed by atoms with Gasteiger partial charge in [0.1, 0.15) is 11.9 Å². The topological polar surface area (TPSA) is 21.3 Å². The number of benzene rings is 1. The van der Waals surface area contributed by atoms with E-state index in [0.29, 0.717) is 17.6 Å². The van der Waals surface area contributed by atoms with E-state index in [9.17, 15) is 0 Å². The Morgan fingerprint density at radius 1 is 1.16 bits per heavy atom. The minimum Gasteiger partial charge on any atom is -0.490 e. The molecule has 106 valence electrons. The van der Waals surface area contributed by atoms with Gasteiger partial charge >= 0.3 is 0 Å². The molecular weight excluding hydrogens is 234 g/mol. The van der Waals surface area contributed by atoms with Crippen molar-refractivity contribution in [2.75, 3.05) is 6.54 Å². The van der Waals surface area contributed by atoms with Crippen LogP contribution in [0.1, 0.15) is 46.5 Å². The molecule has 2 rings (SSSR count). The Morgan fingerprint density at radius 3 is 2.42 bits per heavy atom. The molecule has 0 bridgehead atoms. The summed E-state index contributed by atoms with van der Waals surface area (Å²) in [5.41, 5.74) is 0.311. The first-order chi connectivity index (χ1) is 9.26. The van der Waals surface area contributed by atoms with Crippen molar-refractivity contribution in [1.29, 1.82) is 0 Å². The molecule has 1 aromatic carbocycles. The van der Waals surface area contributed by atoms with Crippen LogP contribution in [0.25, 0.3) is 0 Å². The highest BCUT2D eigenvalue weighted by atomic mass is 16.5. The summed E-state index contributed by atoms with van der Waals surface area (Å²) in [6.07, 6.45) is 5.06. The van der Waals surface area contributed by atoms with Gasteiger partial charge in [-0.3, -0.25) is 0 Å². The number of para-hydroxylation sites is 1. The van der Waals surface area contributed by atoms with Crippen molar-refractivity contribution in [2.24, 2.45) is 5.41 Å². The molecule has 0 aliphatic heterocycles. The van der Waals surface area contributed by atoms with Gasteiger partial charge in [-0.15, -0.1) is 0 Å². The zero-order valence-electron chi connectivity index (χ0n) is 12.5. The third-order valence-corrected chi connectivity index (χ3v) is 4.76. The van der Waals surface area contributed by atoms with Crippen molar-refractivity contribution in [3.8, 4) is 5.75 Å². The monoisotopic (exact) mass is 261 g/mol. The van der Waals surface area contributed by atoms with Crippen LogP contribution in [-0.4, -0.2) is 18.7 Å². The average Bonchev–Trinajstić information content (AvgIpc) is 2.44. The van der Waals surface area contributed by atoms with E-state index >= 15 is 0 Å². The predicted molar refractivity (Wildman–Crippen MR) is 80.6 cm³/mol. The van der Waals surface area contributed by atoms with Crippen molar-refractivity contribution in [2.45, 2.75) is 58.6 Å². The molecule has 0 amide bonds. The van der Waals surface area contributed by atoms with E-state index in [1.807, 2.05) is 18.2 Å². The Morgan fingerprint density at radius 2 is 1.84 bits per heavy atom. The summed E-state index contributed by atoms with van der Waals surface area (Å²) < 4.78 is 6.22. The molecule has 0 aromatic heterocycles. The quantitative estimate of drug-likeness (QED) is 0.800. The lowest BCUT2D eigenvalue weighted by Gasteiger charge is -2.55. The third kappa shape index (κ3) is 2.79. The van der Waals surface area contributed by atoms with Gasteiger partial charge in [-0.2, -0.15) is 0 Å². The van der Waals surface area contributed by atoms with E-state index in [1.54, 1.807) is 0 Å². The maximum absolute atomic E-state index is 6.22. The summed E-state index contributed by atoms with van der Waals surface area (Å²) in [5, 5.41) is 3.70. The summed E-state index contributed by atoms with van der Waals surface area (Å²) in [4.78, 5) is 0.